The molecule has 1 heterocycles. The maximum absolute atomic E-state index is 12.0. The highest BCUT2D eigenvalue weighted by Crippen LogP contribution is 2.16. The second kappa shape index (κ2) is 12.3. The summed E-state index contributed by atoms with van der Waals surface area (Å²) in [6, 6.07) is 12.3. The molecule has 160 valence electrons. The van der Waals surface area contributed by atoms with E-state index in [-0.39, 0.29) is 5.97 Å². The van der Waals surface area contributed by atoms with Crippen LogP contribution in [-0.2, 0) is 33.7 Å². The fourth-order valence-corrected chi connectivity index (χ4v) is 3.36. The van der Waals surface area contributed by atoms with Gasteiger partial charge in [-0.15, -0.1) is 0 Å². The van der Waals surface area contributed by atoms with Gasteiger partial charge in [-0.05, 0) is 63.4 Å². The zero-order valence-corrected chi connectivity index (χ0v) is 18.3. The number of benzene rings is 1. The van der Waals surface area contributed by atoms with Gasteiger partial charge in [0.1, 0.15) is 12.4 Å². The zero-order valence-electron chi connectivity index (χ0n) is 18.3. The molecule has 1 aromatic heterocycles. The molecule has 5 heteroatoms. The minimum absolute atomic E-state index is 0.310. The van der Waals surface area contributed by atoms with E-state index in [0.717, 1.165) is 24.3 Å². The number of rotatable bonds is 13. The minimum atomic E-state index is -0.565. The highest BCUT2D eigenvalue weighted by molar-refractivity contribution is 5.75. The lowest BCUT2D eigenvalue weighted by atomic mass is 10.1. The van der Waals surface area contributed by atoms with Crippen LogP contribution in [-0.4, -0.2) is 36.5 Å². The molecule has 29 heavy (non-hydrogen) atoms. The number of aromatic nitrogens is 1. The molecule has 0 saturated carbocycles. The molecule has 0 N–H and O–H groups in total. The lowest BCUT2D eigenvalue weighted by Gasteiger charge is -2.16. The molecule has 2 aromatic rings. The molecule has 2 rings (SSSR count). The Labute approximate surface area is 175 Å². The second-order valence-electron chi connectivity index (χ2n) is 7.11. The largest absolute Gasteiger partial charge is 0.492 e. The first kappa shape index (κ1) is 23.0. The molecule has 1 atom stereocenters. The summed E-state index contributed by atoms with van der Waals surface area (Å²) in [5.41, 5.74) is 3.67. The smallest absolute Gasteiger partial charge is 0.335 e. The van der Waals surface area contributed by atoms with E-state index in [2.05, 4.69) is 30.5 Å². The lowest BCUT2D eigenvalue weighted by Crippen LogP contribution is -2.28. The van der Waals surface area contributed by atoms with E-state index < -0.39 is 6.10 Å². The molecule has 0 fully saturated rings. The Hall–Kier alpha value is -2.27. The highest BCUT2D eigenvalue weighted by atomic mass is 16.6. The van der Waals surface area contributed by atoms with Crippen LogP contribution >= 0.6 is 0 Å². The van der Waals surface area contributed by atoms with Gasteiger partial charge >= 0.3 is 5.97 Å². The molecule has 0 radical (unpaired) electrons. The SMILES string of the molecule is CCCCc1ccc(C)n1CCOc1ccc(CC(OCC)C(=O)OCC)cc1. The second-order valence-corrected chi connectivity index (χ2v) is 7.11. The standard InChI is InChI=1S/C24H35NO4/c1-5-8-9-21-13-10-19(4)25(21)16-17-29-22-14-11-20(12-15-22)18-23(27-6-2)24(26)28-7-3/h10-15,23H,5-9,16-18H2,1-4H3. The van der Waals surface area contributed by atoms with Crippen molar-refractivity contribution in [3.63, 3.8) is 0 Å². The fourth-order valence-electron chi connectivity index (χ4n) is 3.36. The van der Waals surface area contributed by atoms with Gasteiger partial charge in [0.15, 0.2) is 6.10 Å². The number of unbranched alkanes of at least 4 members (excludes halogenated alkanes) is 1. The molecule has 0 aliphatic heterocycles. The van der Waals surface area contributed by atoms with Crippen LogP contribution in [0.1, 0.15) is 50.6 Å². The molecule has 1 aromatic carbocycles. The predicted octanol–water partition coefficient (Wildman–Crippen LogP) is 4.73. The van der Waals surface area contributed by atoms with E-state index in [4.69, 9.17) is 14.2 Å². The van der Waals surface area contributed by atoms with Gasteiger partial charge in [-0.3, -0.25) is 0 Å². The average Bonchev–Trinajstić information content (AvgIpc) is 3.07. The Morgan fingerprint density at radius 1 is 1.03 bits per heavy atom. The number of carbonyl (C=O) groups excluding carboxylic acids is 1. The van der Waals surface area contributed by atoms with Crippen molar-refractivity contribution in [1.29, 1.82) is 0 Å². The molecule has 0 aliphatic rings. The summed E-state index contributed by atoms with van der Waals surface area (Å²) in [6.45, 7) is 10.3. The number of nitrogens with zero attached hydrogens (tertiary/aromatic N) is 1. The first-order valence-electron chi connectivity index (χ1n) is 10.7. The Morgan fingerprint density at radius 2 is 1.79 bits per heavy atom. The van der Waals surface area contributed by atoms with Crippen LogP contribution in [0.15, 0.2) is 36.4 Å². The first-order chi connectivity index (χ1) is 14.1. The van der Waals surface area contributed by atoms with Crippen molar-refractivity contribution in [1.82, 2.24) is 4.57 Å². The molecule has 0 aliphatic carbocycles. The number of carbonyl (C=O) groups is 1. The average molecular weight is 402 g/mol. The maximum atomic E-state index is 12.0. The Balaban J connectivity index is 1.88. The van der Waals surface area contributed by atoms with E-state index in [1.807, 2.05) is 31.2 Å². The quantitative estimate of drug-likeness (QED) is 0.455. The summed E-state index contributed by atoms with van der Waals surface area (Å²) in [4.78, 5) is 12.0. The molecular formula is C24H35NO4. The monoisotopic (exact) mass is 401 g/mol. The van der Waals surface area contributed by atoms with Crippen LogP contribution in [0.2, 0.25) is 0 Å². The van der Waals surface area contributed by atoms with E-state index in [0.29, 0.717) is 26.2 Å². The number of esters is 1. The number of aryl methyl sites for hydroxylation is 2. The van der Waals surface area contributed by atoms with Crippen molar-refractivity contribution in [2.75, 3.05) is 19.8 Å². The number of ether oxygens (including phenoxy) is 3. The third-order valence-electron chi connectivity index (χ3n) is 4.92. The van der Waals surface area contributed by atoms with Crippen LogP contribution in [0.5, 0.6) is 5.75 Å². The summed E-state index contributed by atoms with van der Waals surface area (Å²) in [6.07, 6.45) is 3.45. The molecule has 0 amide bonds. The van der Waals surface area contributed by atoms with Crippen molar-refractivity contribution in [2.45, 2.75) is 66.0 Å². The van der Waals surface area contributed by atoms with E-state index >= 15 is 0 Å². The van der Waals surface area contributed by atoms with Crippen molar-refractivity contribution >= 4 is 5.97 Å². The molecule has 0 spiro atoms. The summed E-state index contributed by atoms with van der Waals surface area (Å²) < 4.78 is 18.9. The van der Waals surface area contributed by atoms with Crippen LogP contribution < -0.4 is 4.74 Å². The van der Waals surface area contributed by atoms with Gasteiger partial charge in [0.05, 0.1) is 13.2 Å². The molecule has 1 unspecified atom stereocenters. The number of hydrogen-bond acceptors (Lipinski definition) is 4. The van der Waals surface area contributed by atoms with E-state index in [9.17, 15) is 4.79 Å². The van der Waals surface area contributed by atoms with Crippen molar-refractivity contribution in [3.8, 4) is 5.75 Å². The zero-order chi connectivity index (χ0) is 21.1. The summed E-state index contributed by atoms with van der Waals surface area (Å²) in [5, 5.41) is 0. The van der Waals surface area contributed by atoms with Crippen LogP contribution in [0, 0.1) is 6.92 Å². The molecule has 5 nitrogen and oxygen atoms in total. The van der Waals surface area contributed by atoms with E-state index in [1.54, 1.807) is 6.92 Å². The molecule has 0 bridgehead atoms. The highest BCUT2D eigenvalue weighted by Gasteiger charge is 2.20. The van der Waals surface area contributed by atoms with Crippen molar-refractivity contribution in [2.24, 2.45) is 0 Å². The number of hydrogen-bond donors (Lipinski definition) is 0. The van der Waals surface area contributed by atoms with Crippen molar-refractivity contribution in [3.05, 3.63) is 53.3 Å². The van der Waals surface area contributed by atoms with Gasteiger partial charge < -0.3 is 18.8 Å². The molecular weight excluding hydrogens is 366 g/mol. The Kier molecular flexibility index (Phi) is 9.78. The minimum Gasteiger partial charge on any atom is -0.492 e. The van der Waals surface area contributed by atoms with Gasteiger partial charge in [-0.2, -0.15) is 0 Å². The Morgan fingerprint density at radius 3 is 2.45 bits per heavy atom. The van der Waals surface area contributed by atoms with Gasteiger partial charge in [0.2, 0.25) is 0 Å². The van der Waals surface area contributed by atoms with Crippen LogP contribution in [0.25, 0.3) is 0 Å². The van der Waals surface area contributed by atoms with Crippen molar-refractivity contribution < 1.29 is 19.0 Å². The van der Waals surface area contributed by atoms with Crippen LogP contribution in [0.4, 0.5) is 0 Å². The van der Waals surface area contributed by atoms with Gasteiger partial charge in [0, 0.05) is 24.4 Å². The topological polar surface area (TPSA) is 49.7 Å². The summed E-state index contributed by atoms with van der Waals surface area (Å²) in [7, 11) is 0. The van der Waals surface area contributed by atoms with Crippen LogP contribution in [0.3, 0.4) is 0 Å². The third kappa shape index (κ3) is 7.24. The predicted molar refractivity (Wildman–Crippen MR) is 115 cm³/mol. The van der Waals surface area contributed by atoms with Gasteiger partial charge in [0.25, 0.3) is 0 Å². The summed E-state index contributed by atoms with van der Waals surface area (Å²) >= 11 is 0. The Bertz CT molecular complexity index is 736. The van der Waals surface area contributed by atoms with Gasteiger partial charge in [-0.1, -0.05) is 25.5 Å². The fraction of sp³-hybridized carbons (Fsp3) is 0.542. The summed E-state index contributed by atoms with van der Waals surface area (Å²) in [5.74, 6) is 0.522. The molecule has 0 saturated heterocycles. The van der Waals surface area contributed by atoms with E-state index in [1.165, 1.54) is 24.2 Å². The van der Waals surface area contributed by atoms with Gasteiger partial charge in [-0.25, -0.2) is 4.79 Å². The normalized spacial score (nSPS) is 12.0. The maximum Gasteiger partial charge on any atom is 0.335 e. The first-order valence-corrected chi connectivity index (χ1v) is 10.7. The lowest BCUT2D eigenvalue weighted by molar-refractivity contribution is -0.156. The third-order valence-corrected chi connectivity index (χ3v) is 4.92.